The van der Waals surface area contributed by atoms with Crippen LogP contribution in [0.3, 0.4) is 0 Å². The smallest absolute Gasteiger partial charge is 0.239 e. The summed E-state index contributed by atoms with van der Waals surface area (Å²) in [6, 6.07) is 5.90. The quantitative estimate of drug-likeness (QED) is 0.831. The molecule has 0 aliphatic heterocycles. The first-order valence-electron chi connectivity index (χ1n) is 6.36. The standard InChI is InChI=1S/C14H21ClN2O/c1-4-11(5-2)17-14(18)9-16-13-8-6-7-12(15)10(13)3/h6-8,11,16H,4-5,9H2,1-3H3,(H,17,18). The van der Waals surface area contributed by atoms with E-state index in [1.54, 1.807) is 0 Å². The number of nitrogens with one attached hydrogen (secondary N) is 2. The molecule has 0 unspecified atom stereocenters. The molecule has 1 amide bonds. The highest BCUT2D eigenvalue weighted by molar-refractivity contribution is 6.31. The third-order valence-corrected chi connectivity index (χ3v) is 3.47. The Morgan fingerprint density at radius 2 is 2.00 bits per heavy atom. The highest BCUT2D eigenvalue weighted by Gasteiger charge is 2.08. The Balaban J connectivity index is 2.50. The molecule has 4 heteroatoms. The summed E-state index contributed by atoms with van der Waals surface area (Å²) in [6.07, 6.45) is 1.91. The molecule has 1 rings (SSSR count). The Bertz CT molecular complexity index is 403. The monoisotopic (exact) mass is 268 g/mol. The van der Waals surface area contributed by atoms with Crippen LogP contribution in [0.2, 0.25) is 5.02 Å². The minimum atomic E-state index is 0.0167. The molecular weight excluding hydrogens is 248 g/mol. The lowest BCUT2D eigenvalue weighted by atomic mass is 10.1. The number of rotatable bonds is 6. The average molecular weight is 269 g/mol. The van der Waals surface area contributed by atoms with E-state index in [4.69, 9.17) is 11.6 Å². The van der Waals surface area contributed by atoms with Crippen LogP contribution in [-0.4, -0.2) is 18.5 Å². The van der Waals surface area contributed by atoms with Crippen LogP contribution in [0.5, 0.6) is 0 Å². The van der Waals surface area contributed by atoms with Crippen LogP contribution < -0.4 is 10.6 Å². The number of amides is 1. The normalized spacial score (nSPS) is 10.5. The van der Waals surface area contributed by atoms with E-state index in [9.17, 15) is 4.79 Å². The Labute approximate surface area is 114 Å². The molecule has 18 heavy (non-hydrogen) atoms. The molecule has 3 nitrogen and oxygen atoms in total. The van der Waals surface area contributed by atoms with Gasteiger partial charge in [-0.25, -0.2) is 0 Å². The fourth-order valence-electron chi connectivity index (χ4n) is 1.75. The van der Waals surface area contributed by atoms with Crippen molar-refractivity contribution in [3.05, 3.63) is 28.8 Å². The molecule has 0 aromatic heterocycles. The lowest BCUT2D eigenvalue weighted by Crippen LogP contribution is -2.37. The van der Waals surface area contributed by atoms with E-state index in [2.05, 4.69) is 24.5 Å². The van der Waals surface area contributed by atoms with Gasteiger partial charge in [0.1, 0.15) is 0 Å². The first-order valence-corrected chi connectivity index (χ1v) is 6.74. The highest BCUT2D eigenvalue weighted by atomic mass is 35.5. The van der Waals surface area contributed by atoms with E-state index in [0.29, 0.717) is 5.02 Å². The van der Waals surface area contributed by atoms with Crippen LogP contribution in [0.15, 0.2) is 18.2 Å². The molecule has 0 spiro atoms. The van der Waals surface area contributed by atoms with Gasteiger partial charge in [-0.15, -0.1) is 0 Å². The Morgan fingerprint density at radius 1 is 1.33 bits per heavy atom. The first kappa shape index (κ1) is 14.8. The second-order valence-electron chi connectivity index (χ2n) is 4.35. The van der Waals surface area contributed by atoms with Crippen LogP contribution >= 0.6 is 11.6 Å². The van der Waals surface area contributed by atoms with Gasteiger partial charge in [0.2, 0.25) is 5.91 Å². The lowest BCUT2D eigenvalue weighted by molar-refractivity contribution is -0.120. The molecule has 1 aromatic carbocycles. The van der Waals surface area contributed by atoms with Crippen molar-refractivity contribution in [3.63, 3.8) is 0 Å². The van der Waals surface area contributed by atoms with Gasteiger partial charge in [-0.1, -0.05) is 31.5 Å². The number of benzene rings is 1. The minimum absolute atomic E-state index is 0.0167. The van der Waals surface area contributed by atoms with Gasteiger partial charge in [-0.3, -0.25) is 4.79 Å². The third kappa shape index (κ3) is 4.22. The third-order valence-electron chi connectivity index (χ3n) is 3.06. The summed E-state index contributed by atoms with van der Waals surface area (Å²) in [6.45, 7) is 6.35. The van der Waals surface area contributed by atoms with Gasteiger partial charge in [0.05, 0.1) is 6.54 Å². The molecule has 0 saturated carbocycles. The zero-order valence-corrected chi connectivity index (χ0v) is 12.0. The fraction of sp³-hybridized carbons (Fsp3) is 0.500. The predicted octanol–water partition coefficient (Wildman–Crippen LogP) is 3.37. The second kappa shape index (κ2) is 7.27. The summed E-state index contributed by atoms with van der Waals surface area (Å²) >= 11 is 6.02. The second-order valence-corrected chi connectivity index (χ2v) is 4.75. The van der Waals surface area contributed by atoms with Crippen molar-refractivity contribution in [1.29, 1.82) is 0 Å². The summed E-state index contributed by atoms with van der Waals surface area (Å²) < 4.78 is 0. The number of anilines is 1. The van der Waals surface area contributed by atoms with Gasteiger partial charge in [-0.2, -0.15) is 0 Å². The van der Waals surface area contributed by atoms with Crippen molar-refractivity contribution in [2.24, 2.45) is 0 Å². The van der Waals surface area contributed by atoms with E-state index >= 15 is 0 Å². The van der Waals surface area contributed by atoms with Gasteiger partial charge < -0.3 is 10.6 Å². The lowest BCUT2D eigenvalue weighted by Gasteiger charge is -2.16. The first-order chi connectivity index (χ1) is 8.58. The number of halogens is 1. The van der Waals surface area contributed by atoms with Gasteiger partial charge in [0, 0.05) is 16.8 Å². The van der Waals surface area contributed by atoms with Crippen molar-refractivity contribution < 1.29 is 4.79 Å². The fourth-order valence-corrected chi connectivity index (χ4v) is 1.92. The SMILES string of the molecule is CCC(CC)NC(=O)CNc1cccc(Cl)c1C. The van der Waals surface area contributed by atoms with E-state index in [1.165, 1.54) is 0 Å². The molecule has 0 aliphatic carbocycles. The summed E-state index contributed by atoms with van der Waals surface area (Å²) in [5.41, 5.74) is 1.87. The molecule has 0 radical (unpaired) electrons. The molecular formula is C14H21ClN2O. The van der Waals surface area contributed by atoms with E-state index < -0.39 is 0 Å². The van der Waals surface area contributed by atoms with Crippen LogP contribution in [0.4, 0.5) is 5.69 Å². The molecule has 2 N–H and O–H groups in total. The van der Waals surface area contributed by atoms with E-state index in [1.807, 2.05) is 25.1 Å². The summed E-state index contributed by atoms with van der Waals surface area (Å²) in [4.78, 5) is 11.7. The largest absolute Gasteiger partial charge is 0.376 e. The predicted molar refractivity (Wildman–Crippen MR) is 77.2 cm³/mol. The number of hydrogen-bond donors (Lipinski definition) is 2. The molecule has 100 valence electrons. The van der Waals surface area contributed by atoms with Gasteiger partial charge >= 0.3 is 0 Å². The van der Waals surface area contributed by atoms with Crippen molar-refractivity contribution in [3.8, 4) is 0 Å². The molecule has 0 fully saturated rings. The molecule has 0 saturated heterocycles. The van der Waals surface area contributed by atoms with Crippen molar-refractivity contribution in [2.75, 3.05) is 11.9 Å². The van der Waals surface area contributed by atoms with Crippen LogP contribution in [0.25, 0.3) is 0 Å². The number of carbonyl (C=O) groups excluding carboxylic acids is 1. The van der Waals surface area contributed by atoms with Crippen molar-refractivity contribution in [2.45, 2.75) is 39.7 Å². The average Bonchev–Trinajstić information content (AvgIpc) is 2.37. The number of hydrogen-bond acceptors (Lipinski definition) is 2. The Morgan fingerprint density at radius 3 is 2.61 bits per heavy atom. The zero-order chi connectivity index (χ0) is 13.5. The molecule has 1 aromatic rings. The Hall–Kier alpha value is -1.22. The van der Waals surface area contributed by atoms with Crippen molar-refractivity contribution >= 4 is 23.2 Å². The Kier molecular flexibility index (Phi) is 5.99. The maximum Gasteiger partial charge on any atom is 0.239 e. The summed E-state index contributed by atoms with van der Waals surface area (Å²) in [5.74, 6) is 0.0167. The van der Waals surface area contributed by atoms with Crippen molar-refractivity contribution in [1.82, 2.24) is 5.32 Å². The van der Waals surface area contributed by atoms with Gasteiger partial charge in [0.15, 0.2) is 0 Å². The highest BCUT2D eigenvalue weighted by Crippen LogP contribution is 2.22. The maximum atomic E-state index is 11.7. The molecule has 0 bridgehead atoms. The number of carbonyl (C=O) groups is 1. The van der Waals surface area contributed by atoms with Crippen LogP contribution in [-0.2, 0) is 4.79 Å². The van der Waals surface area contributed by atoms with E-state index in [-0.39, 0.29) is 18.5 Å². The van der Waals surface area contributed by atoms with Crippen LogP contribution in [0.1, 0.15) is 32.3 Å². The molecule has 0 heterocycles. The maximum absolute atomic E-state index is 11.7. The topological polar surface area (TPSA) is 41.1 Å². The molecule has 0 atom stereocenters. The minimum Gasteiger partial charge on any atom is -0.376 e. The van der Waals surface area contributed by atoms with E-state index in [0.717, 1.165) is 24.1 Å². The summed E-state index contributed by atoms with van der Waals surface area (Å²) in [7, 11) is 0. The summed E-state index contributed by atoms with van der Waals surface area (Å²) in [5, 5.41) is 6.81. The zero-order valence-electron chi connectivity index (χ0n) is 11.2. The van der Waals surface area contributed by atoms with Crippen LogP contribution in [0, 0.1) is 6.92 Å². The van der Waals surface area contributed by atoms with Gasteiger partial charge in [-0.05, 0) is 37.5 Å². The van der Waals surface area contributed by atoms with Gasteiger partial charge in [0.25, 0.3) is 0 Å². The molecule has 0 aliphatic rings.